The summed E-state index contributed by atoms with van der Waals surface area (Å²) < 4.78 is 35.2. The van der Waals surface area contributed by atoms with Crippen molar-refractivity contribution < 1.29 is 89.4 Å². The van der Waals surface area contributed by atoms with Crippen LogP contribution in [0.2, 0.25) is 0 Å². The van der Waals surface area contributed by atoms with E-state index in [1.807, 2.05) is 0 Å². The lowest BCUT2D eigenvalue weighted by molar-refractivity contribution is -0.328. The molecule has 5 aliphatic carbocycles. The van der Waals surface area contributed by atoms with Gasteiger partial charge in [-0.3, -0.25) is 4.79 Å². The SMILES string of the molecule is CC1(C)CC[C@]2(C(=O)O[C@@H]3O[C@H](CO[C@@H]4O[C@H](CO)[C@@H](O)[C@H](O)[C@H]4O)[C@@H](O)[C@H](O)[C@H]3O)CC[C@]3(C)C(=CC[C@@H]4[C@@]5(C)CC[C@H](O[C@@H]6OC[C@H](O)[C@H](O)[C@H]6O)[C@@](C)(CO)C5CC[C@]43C)[C@H]2C1. The number of carbonyl (C=O) groups is 1. The molecule has 4 saturated carbocycles. The molecular weight excluding hydrogens is 852 g/mol. The second-order valence-corrected chi connectivity index (χ2v) is 22.9. The van der Waals surface area contributed by atoms with Crippen molar-refractivity contribution in [2.45, 2.75) is 198 Å². The fraction of sp³-hybridized carbons (Fsp3) is 0.936. The predicted octanol–water partition coefficient (Wildman–Crippen LogP) is -0.248. The summed E-state index contributed by atoms with van der Waals surface area (Å²) in [6, 6.07) is 0. The Labute approximate surface area is 380 Å². The van der Waals surface area contributed by atoms with Crippen molar-refractivity contribution in [1.82, 2.24) is 0 Å². The Balaban J connectivity index is 1.02. The molecule has 7 fully saturated rings. The van der Waals surface area contributed by atoms with Gasteiger partial charge in [0.25, 0.3) is 0 Å². The summed E-state index contributed by atoms with van der Waals surface area (Å²) in [5.74, 6) is -0.485. The highest BCUT2D eigenvalue weighted by atomic mass is 16.7. The standard InChI is InChI=1S/C47H76O18/c1-42(2)13-15-47(41(59)65-40-37(58)34(55)32(53)26(63-40)20-61-38-36(57)33(54)31(52)25(18-48)62-38)16-14-45(5)22(23(47)17-42)7-8-28-43(3)11-10-29(64-39-35(56)30(51)24(50)19-60-39)44(4,21-49)27(43)9-12-46(28,45)6/h7,23-40,48-58H,8-21H2,1-6H3/t23-,24+,25-,26-,27?,28-,29+,30+,31-,32-,33+,34+,35-,36-,37-,38-,39+,40+,43+,44+,45-,46-,47+/m1/s1. The van der Waals surface area contributed by atoms with Gasteiger partial charge >= 0.3 is 5.97 Å². The van der Waals surface area contributed by atoms with Crippen molar-refractivity contribution >= 4 is 5.97 Å². The Morgan fingerprint density at radius 3 is 2.00 bits per heavy atom. The number of hydrogen-bond donors (Lipinski definition) is 11. The van der Waals surface area contributed by atoms with Crippen LogP contribution in [0, 0.1) is 50.2 Å². The first-order chi connectivity index (χ1) is 30.4. The minimum atomic E-state index is -1.81. The van der Waals surface area contributed by atoms with E-state index in [2.05, 4.69) is 47.6 Å². The first kappa shape index (κ1) is 50.0. The molecule has 3 heterocycles. The van der Waals surface area contributed by atoms with Crippen LogP contribution < -0.4 is 0 Å². The van der Waals surface area contributed by atoms with Crippen molar-refractivity contribution in [3.63, 3.8) is 0 Å². The van der Waals surface area contributed by atoms with Crippen LogP contribution in [-0.2, 0) is 33.2 Å². The molecule has 0 amide bonds. The van der Waals surface area contributed by atoms with Crippen molar-refractivity contribution in [3.05, 3.63) is 11.6 Å². The van der Waals surface area contributed by atoms with Gasteiger partial charge in [-0.2, -0.15) is 0 Å². The van der Waals surface area contributed by atoms with Gasteiger partial charge in [-0.25, -0.2) is 0 Å². The smallest absolute Gasteiger partial charge is 0.315 e. The largest absolute Gasteiger partial charge is 0.432 e. The Hall–Kier alpha value is -1.43. The zero-order valence-electron chi connectivity index (χ0n) is 38.6. The molecule has 8 aliphatic rings. The number of aliphatic hydroxyl groups excluding tert-OH is 11. The molecule has 3 aliphatic heterocycles. The number of hydrogen-bond acceptors (Lipinski definition) is 18. The molecule has 0 radical (unpaired) electrons. The molecule has 372 valence electrons. The zero-order valence-corrected chi connectivity index (χ0v) is 38.6. The van der Waals surface area contributed by atoms with Crippen LogP contribution in [0.5, 0.6) is 0 Å². The van der Waals surface area contributed by atoms with E-state index in [-0.39, 0.29) is 52.6 Å². The van der Waals surface area contributed by atoms with E-state index < -0.39 is 122 Å². The second kappa shape index (κ2) is 17.8. The summed E-state index contributed by atoms with van der Waals surface area (Å²) in [5.41, 5.74) is -1.23. The van der Waals surface area contributed by atoms with E-state index in [0.29, 0.717) is 25.7 Å². The molecule has 8 rings (SSSR count). The summed E-state index contributed by atoms with van der Waals surface area (Å²) in [6.07, 6.45) is -12.5. The van der Waals surface area contributed by atoms with Gasteiger partial charge in [0.05, 0.1) is 37.9 Å². The summed E-state index contributed by atoms with van der Waals surface area (Å²) in [7, 11) is 0. The number of esters is 1. The van der Waals surface area contributed by atoms with E-state index >= 15 is 0 Å². The maximum Gasteiger partial charge on any atom is 0.315 e. The second-order valence-electron chi connectivity index (χ2n) is 22.9. The highest BCUT2D eigenvalue weighted by molar-refractivity contribution is 5.79. The fourth-order valence-electron chi connectivity index (χ4n) is 14.7. The minimum absolute atomic E-state index is 0.0557. The van der Waals surface area contributed by atoms with Crippen molar-refractivity contribution in [1.29, 1.82) is 0 Å². The van der Waals surface area contributed by atoms with E-state index in [1.165, 1.54) is 5.57 Å². The minimum Gasteiger partial charge on any atom is -0.432 e. The monoisotopic (exact) mass is 929 g/mol. The van der Waals surface area contributed by atoms with Crippen LogP contribution in [0.3, 0.4) is 0 Å². The molecule has 3 saturated heterocycles. The molecule has 23 atom stereocenters. The molecule has 0 spiro atoms. The van der Waals surface area contributed by atoms with Crippen LogP contribution >= 0.6 is 0 Å². The van der Waals surface area contributed by atoms with Crippen LogP contribution in [0.25, 0.3) is 0 Å². The normalized spacial score (nSPS) is 54.3. The van der Waals surface area contributed by atoms with Crippen LogP contribution in [0.1, 0.15) is 106 Å². The number of carbonyl (C=O) groups excluding carboxylic acids is 1. The van der Waals surface area contributed by atoms with Gasteiger partial charge in [0.15, 0.2) is 12.6 Å². The van der Waals surface area contributed by atoms with Gasteiger partial charge in [0.2, 0.25) is 6.29 Å². The van der Waals surface area contributed by atoms with Gasteiger partial charge in [-0.15, -0.1) is 0 Å². The van der Waals surface area contributed by atoms with Gasteiger partial charge in [-0.1, -0.05) is 53.2 Å². The van der Waals surface area contributed by atoms with E-state index in [0.717, 1.165) is 38.5 Å². The third kappa shape index (κ3) is 7.89. The Morgan fingerprint density at radius 2 is 1.32 bits per heavy atom. The third-order valence-electron chi connectivity index (χ3n) is 19.0. The number of ether oxygens (including phenoxy) is 6. The molecule has 11 N–H and O–H groups in total. The van der Waals surface area contributed by atoms with E-state index in [9.17, 15) is 61.0 Å². The molecule has 0 aromatic rings. The topological polar surface area (TPSA) is 295 Å². The molecule has 0 aromatic heterocycles. The Kier molecular flexibility index (Phi) is 13.7. The summed E-state index contributed by atoms with van der Waals surface area (Å²) in [5, 5.41) is 116. The molecule has 18 heteroatoms. The maximum atomic E-state index is 14.9. The van der Waals surface area contributed by atoms with E-state index in [4.69, 9.17) is 28.4 Å². The molecular formula is C47H76O18. The molecule has 18 nitrogen and oxygen atoms in total. The van der Waals surface area contributed by atoms with Crippen LogP contribution in [0.4, 0.5) is 0 Å². The average Bonchev–Trinajstić information content (AvgIpc) is 3.26. The predicted molar refractivity (Wildman–Crippen MR) is 226 cm³/mol. The molecule has 0 aromatic carbocycles. The first-order valence-electron chi connectivity index (χ1n) is 23.9. The fourth-order valence-corrected chi connectivity index (χ4v) is 14.7. The highest BCUT2D eigenvalue weighted by Crippen LogP contribution is 2.76. The van der Waals surface area contributed by atoms with Crippen molar-refractivity contribution in [2.24, 2.45) is 50.2 Å². The molecule has 65 heavy (non-hydrogen) atoms. The zero-order chi connectivity index (χ0) is 47.4. The molecule has 1 unspecified atom stereocenters. The third-order valence-corrected chi connectivity index (χ3v) is 19.0. The number of allylic oxidation sites excluding steroid dienone is 2. The van der Waals surface area contributed by atoms with Crippen molar-refractivity contribution in [3.8, 4) is 0 Å². The van der Waals surface area contributed by atoms with E-state index in [1.54, 1.807) is 0 Å². The number of fused-ring (bicyclic) bond motifs is 7. The first-order valence-corrected chi connectivity index (χ1v) is 23.9. The van der Waals surface area contributed by atoms with Gasteiger partial charge in [0.1, 0.15) is 67.1 Å². The quantitative estimate of drug-likeness (QED) is 0.0808. The Bertz CT molecular complexity index is 1760. The number of rotatable bonds is 9. The summed E-state index contributed by atoms with van der Waals surface area (Å²) >= 11 is 0. The van der Waals surface area contributed by atoms with Gasteiger partial charge in [0, 0.05) is 5.41 Å². The maximum absolute atomic E-state index is 14.9. The van der Waals surface area contributed by atoms with Gasteiger partial charge < -0.3 is 84.6 Å². The van der Waals surface area contributed by atoms with Crippen molar-refractivity contribution in [2.75, 3.05) is 26.4 Å². The molecule has 0 bridgehead atoms. The highest BCUT2D eigenvalue weighted by Gasteiger charge is 2.70. The van der Waals surface area contributed by atoms with Crippen LogP contribution in [-0.4, -0.2) is 181 Å². The summed E-state index contributed by atoms with van der Waals surface area (Å²) in [6.45, 7) is 12.1. The lowest BCUT2D eigenvalue weighted by atomic mass is 9.33. The summed E-state index contributed by atoms with van der Waals surface area (Å²) in [4.78, 5) is 14.9. The Morgan fingerprint density at radius 1 is 0.692 bits per heavy atom. The van der Waals surface area contributed by atoms with Gasteiger partial charge in [-0.05, 0) is 104 Å². The van der Waals surface area contributed by atoms with Crippen LogP contribution in [0.15, 0.2) is 11.6 Å². The average molecular weight is 929 g/mol. The lowest BCUT2D eigenvalue weighted by Gasteiger charge is -2.71. The lowest BCUT2D eigenvalue weighted by Crippen LogP contribution is -2.67. The number of aliphatic hydroxyl groups is 11.